The normalized spacial score (nSPS) is 11.9. The minimum absolute atomic E-state index is 0.172. The molecule has 0 aliphatic heterocycles. The third-order valence-electron chi connectivity index (χ3n) is 2.24. The van der Waals surface area contributed by atoms with E-state index in [2.05, 4.69) is 4.98 Å². The molecule has 0 amide bonds. The van der Waals surface area contributed by atoms with Crippen molar-refractivity contribution in [3.63, 3.8) is 0 Å². The summed E-state index contributed by atoms with van der Waals surface area (Å²) in [5.74, 6) is -1.63. The number of aryl methyl sites for hydroxylation is 1. The van der Waals surface area contributed by atoms with E-state index < -0.39 is 41.8 Å². The fraction of sp³-hybridized carbons (Fsp3) is 0.400. The quantitative estimate of drug-likeness (QED) is 0.858. The van der Waals surface area contributed by atoms with Gasteiger partial charge in [-0.3, -0.25) is 9.78 Å². The van der Waals surface area contributed by atoms with Gasteiger partial charge in [0.05, 0.1) is 6.42 Å². The van der Waals surface area contributed by atoms with Crippen molar-refractivity contribution in [3.05, 3.63) is 28.6 Å². The average molecular weight is 269 g/mol. The first kappa shape index (κ1) is 14.3. The molecule has 1 rings (SSSR count). The number of carboxylic acid groups (broad SMARTS) is 1. The highest BCUT2D eigenvalue weighted by Gasteiger charge is 2.38. The molecule has 0 spiro atoms. The van der Waals surface area contributed by atoms with Gasteiger partial charge in [-0.2, -0.15) is 13.2 Å². The maximum atomic E-state index is 12.7. The van der Waals surface area contributed by atoms with Crippen LogP contribution in [-0.4, -0.2) is 16.1 Å². The second-order valence-electron chi connectivity index (χ2n) is 3.55. The molecule has 0 aliphatic carbocycles. The SMILES string of the molecule is Cc1cnc(C(F)(F)F)c(CC(=O)O)c1C(F)F. The van der Waals surface area contributed by atoms with Crippen LogP contribution < -0.4 is 0 Å². The van der Waals surface area contributed by atoms with E-state index in [4.69, 9.17) is 5.11 Å². The number of pyridine rings is 1. The number of rotatable bonds is 3. The minimum atomic E-state index is -4.97. The molecule has 8 heteroatoms. The van der Waals surface area contributed by atoms with Crippen LogP contribution in [0.4, 0.5) is 22.0 Å². The minimum Gasteiger partial charge on any atom is -0.481 e. The summed E-state index contributed by atoms with van der Waals surface area (Å²) in [4.78, 5) is 13.5. The van der Waals surface area contributed by atoms with Gasteiger partial charge in [0.2, 0.25) is 0 Å². The number of aromatic nitrogens is 1. The van der Waals surface area contributed by atoms with Crippen LogP contribution in [-0.2, 0) is 17.4 Å². The molecule has 100 valence electrons. The van der Waals surface area contributed by atoms with Gasteiger partial charge in [0.25, 0.3) is 6.43 Å². The van der Waals surface area contributed by atoms with Gasteiger partial charge in [0.1, 0.15) is 5.69 Å². The summed E-state index contributed by atoms with van der Waals surface area (Å²) in [5.41, 5.74) is -3.65. The van der Waals surface area contributed by atoms with Crippen molar-refractivity contribution in [2.45, 2.75) is 25.9 Å². The molecule has 0 aromatic carbocycles. The lowest BCUT2D eigenvalue weighted by Gasteiger charge is -2.16. The van der Waals surface area contributed by atoms with Crippen LogP contribution in [0.15, 0.2) is 6.20 Å². The van der Waals surface area contributed by atoms with Gasteiger partial charge in [-0.15, -0.1) is 0 Å². The lowest BCUT2D eigenvalue weighted by Crippen LogP contribution is -2.18. The van der Waals surface area contributed by atoms with Gasteiger partial charge >= 0.3 is 12.1 Å². The number of aliphatic carboxylic acids is 1. The van der Waals surface area contributed by atoms with Gasteiger partial charge in [-0.05, 0) is 12.5 Å². The molecule has 0 aliphatic rings. The van der Waals surface area contributed by atoms with Gasteiger partial charge < -0.3 is 5.11 Å². The zero-order chi connectivity index (χ0) is 14.1. The molecule has 0 saturated heterocycles. The first-order valence-electron chi connectivity index (χ1n) is 4.70. The van der Waals surface area contributed by atoms with Crippen LogP contribution >= 0.6 is 0 Å². The molecular formula is C10H8F5NO2. The second kappa shape index (κ2) is 4.87. The lowest BCUT2D eigenvalue weighted by molar-refractivity contribution is -0.142. The molecule has 0 atom stereocenters. The second-order valence-corrected chi connectivity index (χ2v) is 3.55. The Bertz CT molecular complexity index is 470. The molecule has 1 aromatic rings. The van der Waals surface area contributed by atoms with E-state index in [1.807, 2.05) is 0 Å². The predicted octanol–water partition coefficient (Wildman–Crippen LogP) is 2.97. The van der Waals surface area contributed by atoms with Gasteiger partial charge in [-0.25, -0.2) is 8.78 Å². The number of carbonyl (C=O) groups is 1. The zero-order valence-electron chi connectivity index (χ0n) is 9.05. The zero-order valence-corrected chi connectivity index (χ0v) is 9.05. The molecule has 3 nitrogen and oxygen atoms in total. The molecule has 1 aromatic heterocycles. The third-order valence-corrected chi connectivity index (χ3v) is 2.24. The first-order valence-corrected chi connectivity index (χ1v) is 4.70. The summed E-state index contributed by atoms with van der Waals surface area (Å²) in [6.07, 6.45) is -8.65. The van der Waals surface area contributed by atoms with E-state index in [1.165, 1.54) is 0 Å². The van der Waals surface area contributed by atoms with Crippen molar-refractivity contribution in [1.82, 2.24) is 4.98 Å². The summed E-state index contributed by atoms with van der Waals surface area (Å²) in [6.45, 7) is 1.15. The van der Waals surface area contributed by atoms with E-state index in [0.29, 0.717) is 6.20 Å². The van der Waals surface area contributed by atoms with Crippen LogP contribution in [0.5, 0.6) is 0 Å². The number of alkyl halides is 5. The molecule has 0 unspecified atom stereocenters. The lowest BCUT2D eigenvalue weighted by atomic mass is 9.99. The Kier molecular flexibility index (Phi) is 3.88. The Morgan fingerprint density at radius 1 is 1.44 bits per heavy atom. The highest BCUT2D eigenvalue weighted by atomic mass is 19.4. The molecule has 0 fully saturated rings. The molecule has 0 radical (unpaired) electrons. The van der Waals surface area contributed by atoms with Crippen LogP contribution in [0.1, 0.15) is 28.8 Å². The Morgan fingerprint density at radius 3 is 2.39 bits per heavy atom. The Labute approximate surface area is 98.3 Å². The van der Waals surface area contributed by atoms with Crippen molar-refractivity contribution >= 4 is 5.97 Å². The Morgan fingerprint density at radius 2 is 2.00 bits per heavy atom. The van der Waals surface area contributed by atoms with Crippen molar-refractivity contribution in [3.8, 4) is 0 Å². The van der Waals surface area contributed by atoms with Crippen molar-refractivity contribution in [1.29, 1.82) is 0 Å². The number of nitrogens with zero attached hydrogens (tertiary/aromatic N) is 1. The first-order chi connectivity index (χ1) is 8.14. The summed E-state index contributed by atoms with van der Waals surface area (Å²) in [6, 6.07) is 0. The largest absolute Gasteiger partial charge is 0.481 e. The van der Waals surface area contributed by atoms with E-state index in [0.717, 1.165) is 6.92 Å². The standard InChI is InChI=1S/C10H8F5NO2/c1-4-3-16-8(10(13,14)15)5(2-6(17)18)7(4)9(11)12/h3,9H,2H2,1H3,(H,17,18). The van der Waals surface area contributed by atoms with Gasteiger partial charge in [0, 0.05) is 17.3 Å². The summed E-state index contributed by atoms with van der Waals surface area (Å²) in [7, 11) is 0. The summed E-state index contributed by atoms with van der Waals surface area (Å²) in [5, 5.41) is 8.51. The van der Waals surface area contributed by atoms with Gasteiger partial charge in [0.15, 0.2) is 0 Å². The highest BCUT2D eigenvalue weighted by molar-refractivity contribution is 5.71. The molecule has 0 bridgehead atoms. The fourth-order valence-corrected chi connectivity index (χ4v) is 1.55. The van der Waals surface area contributed by atoms with Crippen molar-refractivity contribution < 1.29 is 31.9 Å². The highest BCUT2D eigenvalue weighted by Crippen LogP contribution is 2.36. The molecule has 18 heavy (non-hydrogen) atoms. The van der Waals surface area contributed by atoms with E-state index in [-0.39, 0.29) is 5.56 Å². The maximum Gasteiger partial charge on any atom is 0.433 e. The van der Waals surface area contributed by atoms with E-state index in [1.54, 1.807) is 0 Å². The monoisotopic (exact) mass is 269 g/mol. The average Bonchev–Trinajstić information content (AvgIpc) is 2.13. The Balaban J connectivity index is 3.54. The molecule has 0 saturated carbocycles. The molecular weight excluding hydrogens is 261 g/mol. The molecule has 1 N–H and O–H groups in total. The van der Waals surface area contributed by atoms with E-state index in [9.17, 15) is 26.7 Å². The number of hydrogen-bond donors (Lipinski definition) is 1. The van der Waals surface area contributed by atoms with Crippen LogP contribution in [0.3, 0.4) is 0 Å². The topological polar surface area (TPSA) is 50.2 Å². The number of hydrogen-bond acceptors (Lipinski definition) is 2. The van der Waals surface area contributed by atoms with Crippen molar-refractivity contribution in [2.75, 3.05) is 0 Å². The summed E-state index contributed by atoms with van der Waals surface area (Å²) < 4.78 is 63.2. The fourth-order valence-electron chi connectivity index (χ4n) is 1.55. The number of halogens is 5. The van der Waals surface area contributed by atoms with Crippen LogP contribution in [0.2, 0.25) is 0 Å². The van der Waals surface area contributed by atoms with Crippen LogP contribution in [0.25, 0.3) is 0 Å². The smallest absolute Gasteiger partial charge is 0.433 e. The Hall–Kier alpha value is -1.73. The van der Waals surface area contributed by atoms with E-state index >= 15 is 0 Å². The number of carboxylic acids is 1. The van der Waals surface area contributed by atoms with Gasteiger partial charge in [-0.1, -0.05) is 0 Å². The maximum absolute atomic E-state index is 12.7. The molecule has 1 heterocycles. The van der Waals surface area contributed by atoms with Crippen LogP contribution in [0, 0.1) is 6.92 Å². The summed E-state index contributed by atoms with van der Waals surface area (Å²) >= 11 is 0. The van der Waals surface area contributed by atoms with Crippen molar-refractivity contribution in [2.24, 2.45) is 0 Å². The third kappa shape index (κ3) is 2.93. The predicted molar refractivity (Wildman–Crippen MR) is 50.3 cm³/mol.